The van der Waals surface area contributed by atoms with Crippen LogP contribution in [0.5, 0.6) is 0 Å². The van der Waals surface area contributed by atoms with Crippen molar-refractivity contribution >= 4 is 17.5 Å². The number of anilines is 2. The van der Waals surface area contributed by atoms with Crippen molar-refractivity contribution in [3.05, 3.63) is 15.8 Å². The molecule has 0 aromatic carbocycles. The van der Waals surface area contributed by atoms with Crippen molar-refractivity contribution in [2.24, 2.45) is 11.8 Å². The number of rotatable bonds is 7. The molecule has 0 amide bonds. The number of nitrogens with two attached hydrogens (primary N) is 1. The van der Waals surface area contributed by atoms with E-state index >= 15 is 0 Å². The Morgan fingerprint density at radius 1 is 1.48 bits per heavy atom. The Balaban J connectivity index is 2.41. The number of hydrazine groups is 1. The van der Waals surface area contributed by atoms with Gasteiger partial charge in [-0.2, -0.15) is 4.98 Å². The van der Waals surface area contributed by atoms with Crippen LogP contribution in [0, 0.1) is 23.0 Å². The molecular weight excluding hydrogens is 272 g/mol. The zero-order valence-electron chi connectivity index (χ0n) is 12.7. The summed E-state index contributed by atoms with van der Waals surface area (Å²) in [4.78, 5) is 21.3. The van der Waals surface area contributed by atoms with Gasteiger partial charge in [0.2, 0.25) is 11.8 Å². The van der Waals surface area contributed by atoms with E-state index in [1.807, 2.05) is 4.90 Å². The number of nitro groups is 1. The number of nitrogens with zero attached hydrogens (tertiary/aromatic N) is 4. The summed E-state index contributed by atoms with van der Waals surface area (Å²) in [5.74, 6) is 6.48. The lowest BCUT2D eigenvalue weighted by molar-refractivity contribution is -0.385. The predicted octanol–water partition coefficient (Wildman–Crippen LogP) is 1.99. The van der Waals surface area contributed by atoms with Crippen molar-refractivity contribution in [3.63, 3.8) is 0 Å². The number of nitrogens with one attached hydrogen (secondary N) is 1. The van der Waals surface area contributed by atoms with Gasteiger partial charge >= 0.3 is 5.69 Å². The summed E-state index contributed by atoms with van der Waals surface area (Å²) in [6.45, 7) is 6.64. The van der Waals surface area contributed by atoms with Crippen LogP contribution in [0.25, 0.3) is 0 Å². The Labute approximate surface area is 123 Å². The van der Waals surface area contributed by atoms with Crippen LogP contribution in [-0.4, -0.2) is 27.5 Å². The minimum absolute atomic E-state index is 0.0235. The van der Waals surface area contributed by atoms with E-state index in [-0.39, 0.29) is 11.6 Å². The van der Waals surface area contributed by atoms with Crippen LogP contribution in [0.3, 0.4) is 0 Å². The minimum atomic E-state index is -0.407. The molecule has 8 heteroatoms. The number of hydrogen-bond donors (Lipinski definition) is 2. The van der Waals surface area contributed by atoms with Crippen LogP contribution in [0.2, 0.25) is 0 Å². The van der Waals surface area contributed by atoms with Crippen molar-refractivity contribution in [1.29, 1.82) is 0 Å². The molecule has 8 nitrogen and oxygen atoms in total. The summed E-state index contributed by atoms with van der Waals surface area (Å²) in [5, 5.41) is 11.4. The molecule has 3 N–H and O–H groups in total. The third-order valence-electron chi connectivity index (χ3n) is 3.56. The predicted molar refractivity (Wildman–Crippen MR) is 81.1 cm³/mol. The van der Waals surface area contributed by atoms with Crippen LogP contribution in [0.1, 0.15) is 38.8 Å². The summed E-state index contributed by atoms with van der Waals surface area (Å²) in [7, 11) is 0. The monoisotopic (exact) mass is 294 g/mol. The summed E-state index contributed by atoms with van der Waals surface area (Å²) in [5.41, 5.74) is 2.69. The van der Waals surface area contributed by atoms with E-state index in [0.717, 1.165) is 25.8 Å². The Bertz CT molecular complexity index is 530. The quantitative estimate of drug-likeness (QED) is 0.449. The Morgan fingerprint density at radius 3 is 2.62 bits per heavy atom. The van der Waals surface area contributed by atoms with Gasteiger partial charge in [0.1, 0.15) is 5.69 Å². The molecule has 0 aliphatic heterocycles. The first-order chi connectivity index (χ1) is 9.93. The maximum absolute atomic E-state index is 11.4. The minimum Gasteiger partial charge on any atom is -0.348 e. The van der Waals surface area contributed by atoms with E-state index in [1.165, 1.54) is 0 Å². The van der Waals surface area contributed by atoms with Crippen LogP contribution in [-0.2, 0) is 0 Å². The zero-order chi connectivity index (χ0) is 15.6. The molecule has 21 heavy (non-hydrogen) atoms. The third-order valence-corrected chi connectivity index (χ3v) is 3.56. The molecule has 1 aliphatic carbocycles. The van der Waals surface area contributed by atoms with E-state index in [9.17, 15) is 10.1 Å². The molecular formula is C13H22N6O2. The van der Waals surface area contributed by atoms with Crippen LogP contribution >= 0.6 is 0 Å². The van der Waals surface area contributed by atoms with Gasteiger partial charge in [-0.3, -0.25) is 15.5 Å². The van der Waals surface area contributed by atoms with Crippen molar-refractivity contribution in [3.8, 4) is 0 Å². The summed E-state index contributed by atoms with van der Waals surface area (Å²) in [6.07, 6.45) is 3.05. The molecule has 1 heterocycles. The number of aryl methyl sites for hydroxylation is 1. The standard InChI is InChI=1S/C13H22N6O2/c1-8(2)6-7-18(10-4-5-10)12-11(19(20)21)9(3)15-13(16-12)17-14/h8,10H,4-7,14H2,1-3H3,(H,15,16,17). The smallest absolute Gasteiger partial charge is 0.332 e. The van der Waals surface area contributed by atoms with Gasteiger partial charge in [-0.15, -0.1) is 0 Å². The highest BCUT2D eigenvalue weighted by Gasteiger charge is 2.35. The van der Waals surface area contributed by atoms with Gasteiger partial charge in [0.15, 0.2) is 0 Å². The van der Waals surface area contributed by atoms with Gasteiger partial charge in [-0.25, -0.2) is 10.8 Å². The first-order valence-corrected chi connectivity index (χ1v) is 7.20. The Hall–Kier alpha value is -1.96. The molecule has 0 saturated heterocycles. The fourth-order valence-electron chi connectivity index (χ4n) is 2.28. The highest BCUT2D eigenvalue weighted by Crippen LogP contribution is 2.37. The lowest BCUT2D eigenvalue weighted by atomic mass is 10.1. The van der Waals surface area contributed by atoms with Crippen LogP contribution in [0.15, 0.2) is 0 Å². The van der Waals surface area contributed by atoms with Gasteiger partial charge in [0, 0.05) is 12.6 Å². The second-order valence-electron chi connectivity index (χ2n) is 5.81. The molecule has 1 aromatic heterocycles. The lowest BCUT2D eigenvalue weighted by Gasteiger charge is -2.24. The van der Waals surface area contributed by atoms with Crippen molar-refractivity contribution in [2.45, 2.75) is 46.1 Å². The third kappa shape index (κ3) is 3.57. The topological polar surface area (TPSA) is 110 Å². The van der Waals surface area contributed by atoms with Gasteiger partial charge in [-0.1, -0.05) is 13.8 Å². The molecule has 0 radical (unpaired) electrons. The molecule has 0 atom stereocenters. The molecule has 2 rings (SSSR count). The first-order valence-electron chi connectivity index (χ1n) is 7.20. The average molecular weight is 294 g/mol. The van der Waals surface area contributed by atoms with Gasteiger partial charge < -0.3 is 4.90 Å². The van der Waals surface area contributed by atoms with Gasteiger partial charge in [0.25, 0.3) is 0 Å². The molecule has 1 aliphatic rings. The van der Waals surface area contributed by atoms with E-state index < -0.39 is 4.92 Å². The molecule has 1 fully saturated rings. The van der Waals surface area contributed by atoms with E-state index in [2.05, 4.69) is 29.2 Å². The summed E-state index contributed by atoms with van der Waals surface area (Å²) < 4.78 is 0. The number of aromatic nitrogens is 2. The molecule has 1 aromatic rings. The maximum Gasteiger partial charge on any atom is 0.332 e. The summed E-state index contributed by atoms with van der Waals surface area (Å²) in [6, 6.07) is 0.336. The fraction of sp³-hybridized carbons (Fsp3) is 0.692. The summed E-state index contributed by atoms with van der Waals surface area (Å²) >= 11 is 0. The van der Waals surface area contributed by atoms with E-state index in [1.54, 1.807) is 6.92 Å². The maximum atomic E-state index is 11.4. The van der Waals surface area contributed by atoms with E-state index in [0.29, 0.717) is 23.5 Å². The van der Waals surface area contributed by atoms with E-state index in [4.69, 9.17) is 5.84 Å². The second kappa shape index (κ2) is 6.21. The Kier molecular flexibility index (Phi) is 4.56. The second-order valence-corrected chi connectivity index (χ2v) is 5.81. The van der Waals surface area contributed by atoms with Gasteiger partial charge in [0.05, 0.1) is 4.92 Å². The van der Waals surface area contributed by atoms with Crippen LogP contribution in [0.4, 0.5) is 17.5 Å². The fourth-order valence-corrected chi connectivity index (χ4v) is 2.28. The highest BCUT2D eigenvalue weighted by atomic mass is 16.6. The van der Waals surface area contributed by atoms with Crippen molar-refractivity contribution < 1.29 is 4.92 Å². The lowest BCUT2D eigenvalue weighted by Crippen LogP contribution is -2.30. The van der Waals surface area contributed by atoms with Gasteiger partial charge in [-0.05, 0) is 32.1 Å². The molecule has 0 unspecified atom stereocenters. The van der Waals surface area contributed by atoms with Crippen LogP contribution < -0.4 is 16.2 Å². The first kappa shape index (κ1) is 15.4. The molecule has 0 bridgehead atoms. The number of hydrogen-bond acceptors (Lipinski definition) is 7. The Morgan fingerprint density at radius 2 is 2.14 bits per heavy atom. The highest BCUT2D eigenvalue weighted by molar-refractivity contribution is 5.63. The SMILES string of the molecule is Cc1nc(NN)nc(N(CCC(C)C)C2CC2)c1[N+](=O)[O-]. The average Bonchev–Trinajstić information content (AvgIpc) is 3.22. The van der Waals surface area contributed by atoms with Crippen molar-refractivity contribution in [2.75, 3.05) is 16.9 Å². The number of nitrogen functional groups attached to an aromatic ring is 1. The van der Waals surface area contributed by atoms with Crippen molar-refractivity contribution in [1.82, 2.24) is 9.97 Å². The molecule has 116 valence electrons. The zero-order valence-corrected chi connectivity index (χ0v) is 12.7. The largest absolute Gasteiger partial charge is 0.348 e. The molecule has 0 spiro atoms. The molecule has 1 saturated carbocycles. The normalized spacial score (nSPS) is 14.3.